The molecule has 1 aromatic carbocycles. The fraction of sp³-hybridized carbons (Fsp3) is 0.333. The molecular weight excluding hydrogens is 160 g/mol. The van der Waals surface area contributed by atoms with Crippen molar-refractivity contribution in [2.24, 2.45) is 0 Å². The molecule has 0 saturated heterocycles. The van der Waals surface area contributed by atoms with Crippen molar-refractivity contribution in [1.29, 1.82) is 0 Å². The van der Waals surface area contributed by atoms with Crippen molar-refractivity contribution in [3.05, 3.63) is 29.3 Å². The average molecular weight is 169 g/mol. The lowest BCUT2D eigenvalue weighted by atomic mass is 10.1. The number of nitrogens with two attached hydrogens (primary N) is 1. The second-order valence-corrected chi connectivity index (χ2v) is 3.12. The van der Waals surface area contributed by atoms with Crippen LogP contribution in [0.2, 0.25) is 0 Å². The van der Waals surface area contributed by atoms with Gasteiger partial charge < -0.3 is 5.73 Å². The molecule has 0 bridgehead atoms. The molecule has 1 aliphatic carbocycles. The van der Waals surface area contributed by atoms with Crippen molar-refractivity contribution in [2.45, 2.75) is 18.8 Å². The summed E-state index contributed by atoms with van der Waals surface area (Å²) in [5.41, 5.74) is 6.68. The summed E-state index contributed by atoms with van der Waals surface area (Å²) in [6.07, 6.45) is 0.383. The van der Waals surface area contributed by atoms with E-state index in [1.807, 2.05) is 0 Å². The summed E-state index contributed by atoms with van der Waals surface area (Å²) in [6.45, 7) is 0. The molecule has 0 aromatic heterocycles. The van der Waals surface area contributed by atoms with Crippen molar-refractivity contribution in [3.63, 3.8) is 0 Å². The number of aryl methyl sites for hydroxylation is 1. The predicted octanol–water partition coefficient (Wildman–Crippen LogP) is 2.31. The monoisotopic (exact) mass is 169 g/mol. The van der Waals surface area contributed by atoms with Gasteiger partial charge in [-0.25, -0.2) is 8.78 Å². The molecule has 0 atom stereocenters. The van der Waals surface area contributed by atoms with Gasteiger partial charge in [-0.05, 0) is 24.1 Å². The molecule has 64 valence electrons. The Bertz CT molecular complexity index is 320. The molecule has 0 fully saturated rings. The second-order valence-electron chi connectivity index (χ2n) is 3.12. The first-order valence-corrected chi connectivity index (χ1v) is 3.86. The number of alkyl halides is 2. The van der Waals surface area contributed by atoms with Gasteiger partial charge in [-0.3, -0.25) is 0 Å². The van der Waals surface area contributed by atoms with Crippen LogP contribution in [-0.2, 0) is 12.3 Å². The van der Waals surface area contributed by atoms with Crippen LogP contribution in [-0.4, -0.2) is 0 Å². The minimum Gasteiger partial charge on any atom is -0.399 e. The molecule has 2 N–H and O–H groups in total. The lowest BCUT2D eigenvalue weighted by Crippen LogP contribution is -2.07. The lowest BCUT2D eigenvalue weighted by molar-refractivity contribution is -0.00179. The standard InChI is InChI=1S/C9H9F2N/c10-9(11)4-3-6-1-2-7(12)5-8(6)9/h1-2,5H,3-4,12H2. The van der Waals surface area contributed by atoms with Crippen LogP contribution in [0.4, 0.5) is 14.5 Å². The Labute approximate surface area is 69.2 Å². The van der Waals surface area contributed by atoms with E-state index in [9.17, 15) is 8.78 Å². The zero-order valence-corrected chi connectivity index (χ0v) is 6.48. The summed E-state index contributed by atoms with van der Waals surface area (Å²) in [4.78, 5) is 0. The van der Waals surface area contributed by atoms with E-state index in [0.717, 1.165) is 5.56 Å². The molecule has 0 unspecified atom stereocenters. The number of rotatable bonds is 0. The lowest BCUT2D eigenvalue weighted by Gasteiger charge is -2.09. The molecule has 0 spiro atoms. The van der Waals surface area contributed by atoms with Crippen LogP contribution in [0.15, 0.2) is 18.2 Å². The van der Waals surface area contributed by atoms with Crippen LogP contribution in [0, 0.1) is 0 Å². The Morgan fingerprint density at radius 1 is 1.33 bits per heavy atom. The number of halogens is 2. The van der Waals surface area contributed by atoms with E-state index in [-0.39, 0.29) is 12.0 Å². The zero-order valence-electron chi connectivity index (χ0n) is 6.48. The van der Waals surface area contributed by atoms with Gasteiger partial charge in [0, 0.05) is 17.7 Å². The summed E-state index contributed by atoms with van der Waals surface area (Å²) in [7, 11) is 0. The van der Waals surface area contributed by atoms with Crippen LogP contribution < -0.4 is 5.73 Å². The van der Waals surface area contributed by atoms with Crippen molar-refractivity contribution in [1.82, 2.24) is 0 Å². The second kappa shape index (κ2) is 2.19. The van der Waals surface area contributed by atoms with Gasteiger partial charge in [-0.1, -0.05) is 6.07 Å². The number of anilines is 1. The minimum atomic E-state index is -2.66. The number of hydrogen-bond donors (Lipinski definition) is 1. The Balaban J connectivity index is 2.57. The van der Waals surface area contributed by atoms with E-state index in [1.54, 1.807) is 12.1 Å². The molecule has 1 aromatic rings. The number of fused-ring (bicyclic) bond motifs is 1. The molecule has 12 heavy (non-hydrogen) atoms. The highest BCUT2D eigenvalue weighted by atomic mass is 19.3. The molecular formula is C9H9F2N. The molecule has 0 saturated carbocycles. The summed E-state index contributed by atoms with van der Waals surface area (Å²) in [5, 5.41) is 0. The van der Waals surface area contributed by atoms with E-state index in [0.29, 0.717) is 12.1 Å². The number of nitrogen functional groups attached to an aromatic ring is 1. The fourth-order valence-corrected chi connectivity index (χ4v) is 1.58. The molecule has 0 aliphatic heterocycles. The third-order valence-corrected chi connectivity index (χ3v) is 2.24. The third kappa shape index (κ3) is 0.967. The van der Waals surface area contributed by atoms with Crippen molar-refractivity contribution < 1.29 is 8.78 Å². The maximum atomic E-state index is 13.1. The van der Waals surface area contributed by atoms with Gasteiger partial charge in [0.05, 0.1) is 0 Å². The van der Waals surface area contributed by atoms with E-state index in [2.05, 4.69) is 0 Å². The van der Waals surface area contributed by atoms with Gasteiger partial charge in [-0.2, -0.15) is 0 Å². The van der Waals surface area contributed by atoms with E-state index in [4.69, 9.17) is 5.73 Å². The van der Waals surface area contributed by atoms with Crippen LogP contribution in [0.3, 0.4) is 0 Å². The number of hydrogen-bond acceptors (Lipinski definition) is 1. The van der Waals surface area contributed by atoms with Crippen molar-refractivity contribution in [3.8, 4) is 0 Å². The first kappa shape index (κ1) is 7.53. The van der Waals surface area contributed by atoms with E-state index >= 15 is 0 Å². The Morgan fingerprint density at radius 2 is 2.08 bits per heavy atom. The summed E-state index contributed by atoms with van der Waals surface area (Å²) in [5.74, 6) is -2.66. The van der Waals surface area contributed by atoms with Gasteiger partial charge in [0.2, 0.25) is 0 Å². The number of benzene rings is 1. The zero-order chi connectivity index (χ0) is 8.77. The Kier molecular flexibility index (Phi) is 1.37. The molecule has 0 heterocycles. The van der Waals surface area contributed by atoms with Crippen LogP contribution in [0.5, 0.6) is 0 Å². The van der Waals surface area contributed by atoms with Gasteiger partial charge in [0.25, 0.3) is 5.92 Å². The minimum absolute atomic E-state index is 0.0776. The Hall–Kier alpha value is -1.12. The first-order valence-electron chi connectivity index (χ1n) is 3.86. The molecule has 0 amide bonds. The maximum Gasteiger partial charge on any atom is 0.273 e. The first-order chi connectivity index (χ1) is 5.59. The highest BCUT2D eigenvalue weighted by Crippen LogP contribution is 2.42. The van der Waals surface area contributed by atoms with E-state index in [1.165, 1.54) is 6.07 Å². The summed E-state index contributed by atoms with van der Waals surface area (Å²) < 4.78 is 26.1. The molecule has 3 heteroatoms. The molecule has 0 radical (unpaired) electrons. The van der Waals surface area contributed by atoms with Crippen LogP contribution >= 0.6 is 0 Å². The van der Waals surface area contributed by atoms with Gasteiger partial charge in [0.15, 0.2) is 0 Å². The van der Waals surface area contributed by atoms with Crippen molar-refractivity contribution in [2.75, 3.05) is 5.73 Å². The Morgan fingerprint density at radius 3 is 2.83 bits per heavy atom. The SMILES string of the molecule is Nc1ccc2c(c1)C(F)(F)CC2. The average Bonchev–Trinajstić information content (AvgIpc) is 2.28. The summed E-state index contributed by atoms with van der Waals surface area (Å²) >= 11 is 0. The highest BCUT2D eigenvalue weighted by Gasteiger charge is 2.38. The molecule has 1 aliphatic rings. The maximum absolute atomic E-state index is 13.1. The van der Waals surface area contributed by atoms with Crippen molar-refractivity contribution >= 4 is 5.69 Å². The van der Waals surface area contributed by atoms with Gasteiger partial charge in [0.1, 0.15) is 0 Å². The van der Waals surface area contributed by atoms with Gasteiger partial charge in [-0.15, -0.1) is 0 Å². The van der Waals surface area contributed by atoms with Gasteiger partial charge >= 0.3 is 0 Å². The van der Waals surface area contributed by atoms with E-state index < -0.39 is 5.92 Å². The normalized spacial score (nSPS) is 19.2. The molecule has 1 nitrogen and oxygen atoms in total. The van der Waals surface area contributed by atoms with Crippen LogP contribution in [0.1, 0.15) is 17.5 Å². The summed E-state index contributed by atoms with van der Waals surface area (Å²) in [6, 6.07) is 4.73. The van der Waals surface area contributed by atoms with Crippen LogP contribution in [0.25, 0.3) is 0 Å². The largest absolute Gasteiger partial charge is 0.399 e. The topological polar surface area (TPSA) is 26.0 Å². The third-order valence-electron chi connectivity index (χ3n) is 2.24. The smallest absolute Gasteiger partial charge is 0.273 e. The fourth-order valence-electron chi connectivity index (χ4n) is 1.58. The molecule has 2 rings (SSSR count). The predicted molar refractivity (Wildman–Crippen MR) is 43.1 cm³/mol. The highest BCUT2D eigenvalue weighted by molar-refractivity contribution is 5.48. The quantitative estimate of drug-likeness (QED) is 0.592.